The van der Waals surface area contributed by atoms with Crippen LogP contribution in [0, 0.1) is 5.92 Å². The zero-order valence-electron chi connectivity index (χ0n) is 11.1. The molecule has 0 aromatic heterocycles. The fourth-order valence-electron chi connectivity index (χ4n) is 1.99. The standard InChI is InChI=1S/C13H24N2O2/c1-5-11(14)10-6-8-15(9-7-10)12(16)17-13(2,3)4/h5,10-11H,1,6-9,14H2,2-4H3. The van der Waals surface area contributed by atoms with Crippen molar-refractivity contribution in [2.24, 2.45) is 11.7 Å². The van der Waals surface area contributed by atoms with Gasteiger partial charge in [-0.2, -0.15) is 0 Å². The maximum absolute atomic E-state index is 11.8. The van der Waals surface area contributed by atoms with Crippen LogP contribution < -0.4 is 5.73 Å². The molecule has 17 heavy (non-hydrogen) atoms. The Bertz CT molecular complexity index is 276. The molecule has 1 fully saturated rings. The monoisotopic (exact) mass is 240 g/mol. The van der Waals surface area contributed by atoms with Gasteiger partial charge in [-0.1, -0.05) is 6.08 Å². The van der Waals surface area contributed by atoms with Gasteiger partial charge in [0.1, 0.15) is 5.60 Å². The Labute approximate surface area is 104 Å². The third-order valence-electron chi connectivity index (χ3n) is 3.01. The number of piperidine rings is 1. The summed E-state index contributed by atoms with van der Waals surface area (Å²) in [5.74, 6) is 0.436. The van der Waals surface area contributed by atoms with Gasteiger partial charge in [-0.25, -0.2) is 4.79 Å². The van der Waals surface area contributed by atoms with Crippen molar-refractivity contribution >= 4 is 6.09 Å². The van der Waals surface area contributed by atoms with E-state index in [0.29, 0.717) is 5.92 Å². The molecule has 0 saturated carbocycles. The number of hydrogen-bond donors (Lipinski definition) is 1. The average Bonchev–Trinajstić information content (AvgIpc) is 2.26. The minimum absolute atomic E-state index is 0.0378. The fourth-order valence-corrected chi connectivity index (χ4v) is 1.99. The SMILES string of the molecule is C=CC(N)C1CCN(C(=O)OC(C)(C)C)CC1. The Morgan fingerprint density at radius 2 is 2.00 bits per heavy atom. The number of ether oxygens (including phenoxy) is 1. The second-order valence-electron chi connectivity index (χ2n) is 5.62. The van der Waals surface area contributed by atoms with Crippen molar-refractivity contribution in [2.45, 2.75) is 45.3 Å². The molecule has 98 valence electrons. The quantitative estimate of drug-likeness (QED) is 0.752. The number of hydrogen-bond acceptors (Lipinski definition) is 3. The molecule has 0 aromatic rings. The molecule has 2 N–H and O–H groups in total. The summed E-state index contributed by atoms with van der Waals surface area (Å²) in [6, 6.07) is 0.0378. The van der Waals surface area contributed by atoms with E-state index < -0.39 is 5.60 Å². The predicted octanol–water partition coefficient (Wildman–Crippen LogP) is 2.15. The number of rotatable bonds is 2. The average molecular weight is 240 g/mol. The van der Waals surface area contributed by atoms with Gasteiger partial charge in [-0.15, -0.1) is 6.58 Å². The zero-order valence-corrected chi connectivity index (χ0v) is 11.1. The van der Waals surface area contributed by atoms with Crippen LogP contribution >= 0.6 is 0 Å². The topological polar surface area (TPSA) is 55.6 Å². The number of carbonyl (C=O) groups excluding carboxylic acids is 1. The first kappa shape index (κ1) is 14.0. The lowest BCUT2D eigenvalue weighted by molar-refractivity contribution is 0.0180. The van der Waals surface area contributed by atoms with E-state index in [0.717, 1.165) is 25.9 Å². The van der Waals surface area contributed by atoms with Crippen LogP contribution in [-0.4, -0.2) is 35.7 Å². The molecule has 0 aliphatic carbocycles. The molecule has 0 spiro atoms. The summed E-state index contributed by atoms with van der Waals surface area (Å²) in [6.45, 7) is 10.8. The zero-order chi connectivity index (χ0) is 13.1. The summed E-state index contributed by atoms with van der Waals surface area (Å²) in [5.41, 5.74) is 5.49. The fraction of sp³-hybridized carbons (Fsp3) is 0.769. The smallest absolute Gasteiger partial charge is 0.410 e. The Balaban J connectivity index is 2.41. The Hall–Kier alpha value is -1.03. The molecular formula is C13H24N2O2. The van der Waals surface area contributed by atoms with Crippen LogP contribution in [0.4, 0.5) is 4.79 Å². The number of likely N-dealkylation sites (tertiary alicyclic amines) is 1. The van der Waals surface area contributed by atoms with Gasteiger partial charge in [0.05, 0.1) is 0 Å². The molecule has 1 unspecified atom stereocenters. The van der Waals surface area contributed by atoms with E-state index in [1.807, 2.05) is 20.8 Å². The van der Waals surface area contributed by atoms with E-state index in [1.54, 1.807) is 11.0 Å². The lowest BCUT2D eigenvalue weighted by Gasteiger charge is -2.34. The van der Waals surface area contributed by atoms with Crippen molar-refractivity contribution in [1.82, 2.24) is 4.90 Å². The van der Waals surface area contributed by atoms with Gasteiger partial charge in [0, 0.05) is 19.1 Å². The third kappa shape index (κ3) is 4.38. The number of nitrogens with zero attached hydrogens (tertiary/aromatic N) is 1. The Morgan fingerprint density at radius 3 is 2.41 bits per heavy atom. The molecule has 0 radical (unpaired) electrons. The van der Waals surface area contributed by atoms with E-state index in [-0.39, 0.29) is 12.1 Å². The van der Waals surface area contributed by atoms with E-state index in [2.05, 4.69) is 6.58 Å². The maximum atomic E-state index is 11.8. The first-order valence-electron chi connectivity index (χ1n) is 6.19. The normalized spacial score (nSPS) is 19.9. The summed E-state index contributed by atoms with van der Waals surface area (Å²) >= 11 is 0. The van der Waals surface area contributed by atoms with Gasteiger partial charge in [-0.05, 0) is 39.5 Å². The minimum atomic E-state index is -0.425. The summed E-state index contributed by atoms with van der Waals surface area (Å²) in [4.78, 5) is 13.6. The van der Waals surface area contributed by atoms with Crippen molar-refractivity contribution in [3.05, 3.63) is 12.7 Å². The van der Waals surface area contributed by atoms with Crippen LogP contribution in [-0.2, 0) is 4.74 Å². The largest absolute Gasteiger partial charge is 0.444 e. The third-order valence-corrected chi connectivity index (χ3v) is 3.01. The number of carbonyl (C=O) groups is 1. The predicted molar refractivity (Wildman–Crippen MR) is 68.7 cm³/mol. The van der Waals surface area contributed by atoms with Crippen molar-refractivity contribution in [1.29, 1.82) is 0 Å². The van der Waals surface area contributed by atoms with Gasteiger partial charge in [0.15, 0.2) is 0 Å². The molecule has 4 nitrogen and oxygen atoms in total. The van der Waals surface area contributed by atoms with E-state index in [1.165, 1.54) is 0 Å². The lowest BCUT2D eigenvalue weighted by Crippen LogP contribution is -2.44. The van der Waals surface area contributed by atoms with Crippen LogP contribution in [0.25, 0.3) is 0 Å². The summed E-state index contributed by atoms with van der Waals surface area (Å²) in [7, 11) is 0. The van der Waals surface area contributed by atoms with E-state index in [9.17, 15) is 4.79 Å². The highest BCUT2D eigenvalue weighted by atomic mass is 16.6. The second kappa shape index (κ2) is 5.54. The van der Waals surface area contributed by atoms with Crippen LogP contribution in [0.15, 0.2) is 12.7 Å². The molecule has 1 amide bonds. The first-order valence-corrected chi connectivity index (χ1v) is 6.19. The van der Waals surface area contributed by atoms with Crippen molar-refractivity contribution < 1.29 is 9.53 Å². The minimum Gasteiger partial charge on any atom is -0.444 e. The highest BCUT2D eigenvalue weighted by molar-refractivity contribution is 5.68. The van der Waals surface area contributed by atoms with Crippen LogP contribution in [0.3, 0.4) is 0 Å². The van der Waals surface area contributed by atoms with Gasteiger partial charge in [0.25, 0.3) is 0 Å². The molecule has 1 aliphatic heterocycles. The van der Waals surface area contributed by atoms with Gasteiger partial charge >= 0.3 is 6.09 Å². The van der Waals surface area contributed by atoms with Crippen molar-refractivity contribution in [3.8, 4) is 0 Å². The molecule has 0 aromatic carbocycles. The first-order chi connectivity index (χ1) is 7.83. The summed E-state index contributed by atoms with van der Waals surface area (Å²) in [6.07, 6.45) is 3.41. The molecule has 1 atom stereocenters. The van der Waals surface area contributed by atoms with Gasteiger partial charge in [0.2, 0.25) is 0 Å². The molecule has 1 heterocycles. The van der Waals surface area contributed by atoms with Crippen LogP contribution in [0.2, 0.25) is 0 Å². The highest BCUT2D eigenvalue weighted by Crippen LogP contribution is 2.21. The van der Waals surface area contributed by atoms with Crippen LogP contribution in [0.5, 0.6) is 0 Å². The van der Waals surface area contributed by atoms with Crippen molar-refractivity contribution in [3.63, 3.8) is 0 Å². The molecule has 1 aliphatic rings. The highest BCUT2D eigenvalue weighted by Gasteiger charge is 2.28. The van der Waals surface area contributed by atoms with Crippen LogP contribution in [0.1, 0.15) is 33.6 Å². The Morgan fingerprint density at radius 1 is 1.47 bits per heavy atom. The van der Waals surface area contributed by atoms with Gasteiger partial charge in [-0.3, -0.25) is 0 Å². The molecule has 1 rings (SSSR count). The molecule has 0 bridgehead atoms. The molecule has 1 saturated heterocycles. The Kier molecular flexibility index (Phi) is 4.57. The molecule has 4 heteroatoms. The van der Waals surface area contributed by atoms with Crippen molar-refractivity contribution in [2.75, 3.05) is 13.1 Å². The lowest BCUT2D eigenvalue weighted by atomic mass is 9.90. The summed E-state index contributed by atoms with van der Waals surface area (Å²) < 4.78 is 5.33. The number of amides is 1. The second-order valence-corrected chi connectivity index (χ2v) is 5.62. The van der Waals surface area contributed by atoms with E-state index in [4.69, 9.17) is 10.5 Å². The molecular weight excluding hydrogens is 216 g/mol. The maximum Gasteiger partial charge on any atom is 0.410 e. The number of nitrogens with two attached hydrogens (primary N) is 1. The van der Waals surface area contributed by atoms with E-state index >= 15 is 0 Å². The van der Waals surface area contributed by atoms with Gasteiger partial charge < -0.3 is 15.4 Å². The summed E-state index contributed by atoms with van der Waals surface area (Å²) in [5, 5.41) is 0.